The number of benzene rings is 1. The van der Waals surface area contributed by atoms with Crippen LogP contribution in [-0.4, -0.2) is 18.4 Å². The maximum absolute atomic E-state index is 11.9. The van der Waals surface area contributed by atoms with E-state index in [4.69, 9.17) is 5.73 Å². The first-order chi connectivity index (χ1) is 9.85. The third-order valence-corrected chi connectivity index (χ3v) is 3.60. The molecule has 0 heterocycles. The predicted molar refractivity (Wildman–Crippen MR) is 84.7 cm³/mol. The molecule has 0 aliphatic carbocycles. The summed E-state index contributed by atoms with van der Waals surface area (Å²) in [6.07, 6.45) is 3.76. The number of hydrogen-bond donors (Lipinski definition) is 2. The average molecular weight is 290 g/mol. The molecule has 0 aromatic heterocycles. The highest BCUT2D eigenvalue weighted by Gasteiger charge is 2.25. The van der Waals surface area contributed by atoms with Gasteiger partial charge in [0.15, 0.2) is 0 Å². The summed E-state index contributed by atoms with van der Waals surface area (Å²) in [6, 6.07) is 8.13. The number of aryl methyl sites for hydroxylation is 1. The van der Waals surface area contributed by atoms with Crippen LogP contribution in [0.4, 0.5) is 0 Å². The number of nitrogens with two attached hydrogens (primary N) is 1. The molecule has 0 bridgehead atoms. The Morgan fingerprint density at radius 2 is 1.71 bits per heavy atom. The molecule has 1 aromatic rings. The summed E-state index contributed by atoms with van der Waals surface area (Å²) in [6.45, 7) is 5.87. The van der Waals surface area contributed by atoms with Crippen LogP contribution in [0.1, 0.15) is 44.7 Å². The molecule has 1 aromatic carbocycles. The lowest BCUT2D eigenvalue weighted by atomic mass is 9.92. The van der Waals surface area contributed by atoms with Gasteiger partial charge in [0.05, 0.1) is 11.8 Å². The van der Waals surface area contributed by atoms with Crippen LogP contribution in [0, 0.1) is 5.41 Å². The van der Waals surface area contributed by atoms with Gasteiger partial charge in [0.2, 0.25) is 11.8 Å². The van der Waals surface area contributed by atoms with Gasteiger partial charge < -0.3 is 11.1 Å². The highest BCUT2D eigenvalue weighted by molar-refractivity contribution is 5.82. The highest BCUT2D eigenvalue weighted by atomic mass is 16.2. The maximum Gasteiger partial charge on any atom is 0.224 e. The molecule has 0 aliphatic rings. The Kier molecular flexibility index (Phi) is 6.40. The quantitative estimate of drug-likeness (QED) is 0.770. The first-order valence-electron chi connectivity index (χ1n) is 7.49. The van der Waals surface area contributed by atoms with E-state index in [1.807, 2.05) is 12.1 Å². The molecule has 3 N–H and O–H groups in total. The molecular formula is C17H26N2O2. The Morgan fingerprint density at radius 3 is 2.24 bits per heavy atom. The van der Waals surface area contributed by atoms with Gasteiger partial charge in [-0.25, -0.2) is 0 Å². The van der Waals surface area contributed by atoms with Crippen LogP contribution in [0.2, 0.25) is 0 Å². The molecule has 0 aliphatic heterocycles. The van der Waals surface area contributed by atoms with Gasteiger partial charge in [0, 0.05) is 6.54 Å². The van der Waals surface area contributed by atoms with Gasteiger partial charge in [-0.3, -0.25) is 9.59 Å². The number of amides is 2. The first kappa shape index (κ1) is 17.2. The summed E-state index contributed by atoms with van der Waals surface area (Å²) in [5.41, 5.74) is 6.83. The van der Waals surface area contributed by atoms with Crippen LogP contribution in [-0.2, 0) is 22.4 Å². The number of carbonyl (C=O) groups is 2. The van der Waals surface area contributed by atoms with E-state index in [2.05, 4.69) is 24.4 Å². The van der Waals surface area contributed by atoms with Crippen molar-refractivity contribution < 1.29 is 9.59 Å². The molecule has 2 amide bonds. The van der Waals surface area contributed by atoms with Crippen molar-refractivity contribution in [1.82, 2.24) is 5.32 Å². The molecule has 4 heteroatoms. The van der Waals surface area contributed by atoms with Gasteiger partial charge in [0.25, 0.3) is 0 Å². The minimum Gasteiger partial charge on any atom is -0.369 e. The van der Waals surface area contributed by atoms with Crippen molar-refractivity contribution in [3.8, 4) is 0 Å². The number of rotatable bonds is 8. The van der Waals surface area contributed by atoms with Gasteiger partial charge in [-0.05, 0) is 37.8 Å². The number of unbranched alkanes of at least 4 members (excludes halogenated alkanes) is 1. The summed E-state index contributed by atoms with van der Waals surface area (Å²) < 4.78 is 0. The third kappa shape index (κ3) is 5.98. The minimum absolute atomic E-state index is 0.0920. The van der Waals surface area contributed by atoms with Gasteiger partial charge >= 0.3 is 0 Å². The molecule has 21 heavy (non-hydrogen) atoms. The van der Waals surface area contributed by atoms with Gasteiger partial charge in [-0.15, -0.1) is 0 Å². The van der Waals surface area contributed by atoms with Gasteiger partial charge in [-0.2, -0.15) is 0 Å². The van der Waals surface area contributed by atoms with E-state index in [0.29, 0.717) is 6.42 Å². The molecule has 0 spiro atoms. The normalized spacial score (nSPS) is 11.2. The Balaban J connectivity index is 2.46. The SMILES string of the molecule is CCCCc1ccc(CC(=O)NCC(C)(C)C(N)=O)cc1. The van der Waals surface area contributed by atoms with E-state index in [-0.39, 0.29) is 12.5 Å². The van der Waals surface area contributed by atoms with Crippen LogP contribution < -0.4 is 11.1 Å². The molecule has 0 unspecified atom stereocenters. The second kappa shape index (κ2) is 7.81. The Bertz CT molecular complexity index is 478. The van der Waals surface area contributed by atoms with Crippen molar-refractivity contribution >= 4 is 11.8 Å². The highest BCUT2D eigenvalue weighted by Crippen LogP contribution is 2.12. The zero-order chi connectivity index (χ0) is 15.9. The van der Waals surface area contributed by atoms with E-state index in [0.717, 1.165) is 12.0 Å². The molecule has 0 saturated heterocycles. The van der Waals surface area contributed by atoms with Gasteiger partial charge in [0.1, 0.15) is 0 Å². The van der Waals surface area contributed by atoms with Crippen LogP contribution in [0.3, 0.4) is 0 Å². The van der Waals surface area contributed by atoms with E-state index in [1.165, 1.54) is 18.4 Å². The zero-order valence-electron chi connectivity index (χ0n) is 13.2. The van der Waals surface area contributed by atoms with Crippen molar-refractivity contribution in [3.63, 3.8) is 0 Å². The third-order valence-electron chi connectivity index (χ3n) is 3.60. The predicted octanol–water partition coefficient (Wildman–Crippen LogP) is 2.20. The molecular weight excluding hydrogens is 264 g/mol. The van der Waals surface area contributed by atoms with Crippen molar-refractivity contribution in [2.75, 3.05) is 6.54 Å². The molecule has 0 radical (unpaired) electrons. The molecule has 0 atom stereocenters. The molecule has 116 valence electrons. The number of carbonyl (C=O) groups excluding carboxylic acids is 2. The summed E-state index contributed by atoms with van der Waals surface area (Å²) in [5, 5.41) is 2.76. The van der Waals surface area contributed by atoms with E-state index in [9.17, 15) is 9.59 Å². The number of primary amides is 1. The first-order valence-corrected chi connectivity index (χ1v) is 7.49. The lowest BCUT2D eigenvalue weighted by Gasteiger charge is -2.20. The van der Waals surface area contributed by atoms with Crippen LogP contribution in [0.15, 0.2) is 24.3 Å². The van der Waals surface area contributed by atoms with Crippen molar-refractivity contribution in [2.24, 2.45) is 11.1 Å². The van der Waals surface area contributed by atoms with E-state index >= 15 is 0 Å². The molecule has 0 saturated carbocycles. The minimum atomic E-state index is -0.723. The smallest absolute Gasteiger partial charge is 0.224 e. The Morgan fingerprint density at radius 1 is 1.14 bits per heavy atom. The van der Waals surface area contributed by atoms with E-state index < -0.39 is 11.3 Å². The van der Waals surface area contributed by atoms with Crippen molar-refractivity contribution in [3.05, 3.63) is 35.4 Å². The van der Waals surface area contributed by atoms with Crippen LogP contribution in [0.25, 0.3) is 0 Å². The fourth-order valence-electron chi connectivity index (χ4n) is 1.86. The lowest BCUT2D eigenvalue weighted by Crippen LogP contribution is -2.42. The van der Waals surface area contributed by atoms with Gasteiger partial charge in [-0.1, -0.05) is 37.6 Å². The molecule has 1 rings (SSSR count). The van der Waals surface area contributed by atoms with Crippen LogP contribution >= 0.6 is 0 Å². The molecule has 0 fully saturated rings. The Labute approximate surface area is 127 Å². The zero-order valence-corrected chi connectivity index (χ0v) is 13.2. The van der Waals surface area contributed by atoms with E-state index in [1.54, 1.807) is 13.8 Å². The fourth-order valence-corrected chi connectivity index (χ4v) is 1.86. The second-order valence-corrected chi connectivity index (χ2v) is 6.12. The largest absolute Gasteiger partial charge is 0.369 e. The summed E-state index contributed by atoms with van der Waals surface area (Å²) >= 11 is 0. The Hall–Kier alpha value is -1.84. The van der Waals surface area contributed by atoms with Crippen molar-refractivity contribution in [1.29, 1.82) is 0 Å². The summed E-state index contributed by atoms with van der Waals surface area (Å²) in [4.78, 5) is 23.1. The lowest BCUT2D eigenvalue weighted by molar-refractivity contribution is -0.126. The number of hydrogen-bond acceptors (Lipinski definition) is 2. The van der Waals surface area contributed by atoms with Crippen molar-refractivity contribution in [2.45, 2.75) is 46.5 Å². The molecule has 4 nitrogen and oxygen atoms in total. The summed E-state index contributed by atoms with van der Waals surface area (Å²) in [7, 11) is 0. The standard InChI is InChI=1S/C17H26N2O2/c1-4-5-6-13-7-9-14(10-8-13)11-15(20)19-12-17(2,3)16(18)21/h7-10H,4-6,11-12H2,1-3H3,(H2,18,21)(H,19,20). The average Bonchev–Trinajstić information content (AvgIpc) is 2.44. The number of nitrogens with one attached hydrogen (secondary N) is 1. The second-order valence-electron chi connectivity index (χ2n) is 6.12. The summed E-state index contributed by atoms with van der Waals surface area (Å²) in [5.74, 6) is -0.506. The monoisotopic (exact) mass is 290 g/mol. The van der Waals surface area contributed by atoms with Crippen LogP contribution in [0.5, 0.6) is 0 Å². The topological polar surface area (TPSA) is 72.2 Å². The maximum atomic E-state index is 11.9. The fraction of sp³-hybridized carbons (Fsp3) is 0.529.